The number of benzene rings is 1. The molecular weight excluding hydrogens is 276 g/mol. The molecule has 1 N–H and O–H groups in total. The molecule has 106 valence electrons. The first-order valence-electron chi connectivity index (χ1n) is 6.21. The summed E-state index contributed by atoms with van der Waals surface area (Å²) in [5.74, 6) is 0.529. The van der Waals surface area contributed by atoms with E-state index in [1.807, 2.05) is 23.6 Å². The fraction of sp³-hybridized carbons (Fsp3) is 0.286. The van der Waals surface area contributed by atoms with Gasteiger partial charge in [-0.05, 0) is 12.1 Å². The molecule has 0 atom stereocenters. The topological polar surface area (TPSA) is 60.5 Å². The summed E-state index contributed by atoms with van der Waals surface area (Å²) in [5.41, 5.74) is 0.946. The molecule has 2 rings (SSSR count). The van der Waals surface area contributed by atoms with Gasteiger partial charge in [-0.25, -0.2) is 9.78 Å². The predicted molar refractivity (Wildman–Crippen MR) is 77.0 cm³/mol. The Morgan fingerprint density at radius 1 is 1.35 bits per heavy atom. The van der Waals surface area contributed by atoms with E-state index >= 15 is 0 Å². The lowest BCUT2D eigenvalue weighted by molar-refractivity contribution is 0.184. The quantitative estimate of drug-likeness (QED) is 0.889. The molecular formula is C14H16N2O3S. The average Bonchev–Trinajstić information content (AvgIpc) is 2.88. The maximum Gasteiger partial charge on any atom is 0.412 e. The van der Waals surface area contributed by atoms with Crippen LogP contribution in [0.5, 0.6) is 5.75 Å². The fourth-order valence-electron chi connectivity index (χ4n) is 1.58. The minimum absolute atomic E-state index is 0.455. The lowest BCUT2D eigenvalue weighted by atomic mass is 10.3. The van der Waals surface area contributed by atoms with Crippen molar-refractivity contribution < 1.29 is 14.3 Å². The molecule has 0 unspecified atom stereocenters. The summed E-state index contributed by atoms with van der Waals surface area (Å²) >= 11 is 1.56. The zero-order chi connectivity index (χ0) is 14.2. The number of methoxy groups -OCH3 is 1. The zero-order valence-electron chi connectivity index (χ0n) is 11.2. The van der Waals surface area contributed by atoms with Crippen molar-refractivity contribution in [2.75, 3.05) is 13.7 Å². The number of amides is 1. The van der Waals surface area contributed by atoms with Crippen molar-refractivity contribution in [1.82, 2.24) is 10.3 Å². The van der Waals surface area contributed by atoms with Gasteiger partial charge in [0.1, 0.15) is 10.8 Å². The van der Waals surface area contributed by atoms with E-state index in [1.165, 1.54) is 0 Å². The molecule has 0 aliphatic rings. The molecule has 0 spiro atoms. The number of rotatable bonds is 6. The summed E-state index contributed by atoms with van der Waals surface area (Å²) < 4.78 is 10.1. The Balaban J connectivity index is 1.71. The molecule has 1 heterocycles. The Morgan fingerprint density at radius 3 is 2.90 bits per heavy atom. The van der Waals surface area contributed by atoms with Crippen molar-refractivity contribution in [1.29, 1.82) is 0 Å². The van der Waals surface area contributed by atoms with Crippen LogP contribution < -0.4 is 10.1 Å². The molecule has 1 aromatic carbocycles. The molecule has 0 saturated carbocycles. The zero-order valence-corrected chi connectivity index (χ0v) is 12.0. The summed E-state index contributed by atoms with van der Waals surface area (Å²) in [6, 6.07) is 8.96. The summed E-state index contributed by atoms with van der Waals surface area (Å²) in [6.07, 6.45) is 0.216. The van der Waals surface area contributed by atoms with Gasteiger partial charge in [0.05, 0.1) is 12.3 Å². The second-order valence-electron chi connectivity index (χ2n) is 4.04. The van der Waals surface area contributed by atoms with E-state index in [4.69, 9.17) is 9.47 Å². The van der Waals surface area contributed by atoms with Gasteiger partial charge in [0, 0.05) is 25.5 Å². The van der Waals surface area contributed by atoms with Gasteiger partial charge in [-0.1, -0.05) is 18.2 Å². The van der Waals surface area contributed by atoms with E-state index in [9.17, 15) is 4.79 Å². The Kier molecular flexibility index (Phi) is 5.52. The predicted octanol–water partition coefficient (Wildman–Crippen LogP) is 2.62. The summed E-state index contributed by atoms with van der Waals surface area (Å²) in [6.45, 7) is 1.01. The van der Waals surface area contributed by atoms with E-state index in [2.05, 4.69) is 10.3 Å². The minimum Gasteiger partial charge on any atom is -0.410 e. The van der Waals surface area contributed by atoms with Gasteiger partial charge in [0.25, 0.3) is 0 Å². The van der Waals surface area contributed by atoms with Crippen LogP contribution in [0.3, 0.4) is 0 Å². The van der Waals surface area contributed by atoms with E-state index < -0.39 is 6.09 Å². The van der Waals surface area contributed by atoms with Crippen molar-refractivity contribution in [3.63, 3.8) is 0 Å². The third kappa shape index (κ3) is 4.64. The number of carbonyl (C=O) groups is 1. The van der Waals surface area contributed by atoms with Crippen LogP contribution in [0.4, 0.5) is 4.79 Å². The van der Waals surface area contributed by atoms with Crippen LogP contribution in [-0.2, 0) is 17.8 Å². The number of carbonyl (C=O) groups excluding carboxylic acids is 1. The second kappa shape index (κ2) is 7.62. The minimum atomic E-state index is -0.455. The van der Waals surface area contributed by atoms with E-state index in [-0.39, 0.29) is 0 Å². The first-order chi connectivity index (χ1) is 9.78. The summed E-state index contributed by atoms with van der Waals surface area (Å²) in [7, 11) is 1.64. The van der Waals surface area contributed by atoms with Crippen LogP contribution in [0.25, 0.3) is 0 Å². The number of ether oxygens (including phenoxy) is 2. The van der Waals surface area contributed by atoms with Crippen molar-refractivity contribution in [2.45, 2.75) is 13.0 Å². The monoisotopic (exact) mass is 292 g/mol. The molecule has 1 amide bonds. The number of nitrogens with zero attached hydrogens (tertiary/aromatic N) is 1. The molecule has 6 heteroatoms. The van der Waals surface area contributed by atoms with Crippen molar-refractivity contribution in [2.24, 2.45) is 0 Å². The van der Waals surface area contributed by atoms with Crippen LogP contribution in [0, 0.1) is 0 Å². The largest absolute Gasteiger partial charge is 0.412 e. The maximum atomic E-state index is 11.5. The fourth-order valence-corrected chi connectivity index (χ4v) is 2.38. The highest BCUT2D eigenvalue weighted by atomic mass is 32.1. The lowest BCUT2D eigenvalue weighted by Gasteiger charge is -2.05. The molecule has 5 nitrogen and oxygen atoms in total. The maximum absolute atomic E-state index is 11.5. The smallest absolute Gasteiger partial charge is 0.410 e. The van der Waals surface area contributed by atoms with E-state index in [1.54, 1.807) is 30.6 Å². The van der Waals surface area contributed by atoms with E-state index in [0.29, 0.717) is 25.3 Å². The molecule has 0 radical (unpaired) electrons. The second-order valence-corrected chi connectivity index (χ2v) is 4.99. The van der Waals surface area contributed by atoms with Gasteiger partial charge in [0.15, 0.2) is 0 Å². The standard InChI is InChI=1S/C14H16N2O3S/c1-18-9-13-16-11(10-20-13)7-8-15-14(17)19-12-5-3-2-4-6-12/h2-6,10H,7-9H2,1H3,(H,15,17). The van der Waals surface area contributed by atoms with Gasteiger partial charge in [-0.15, -0.1) is 11.3 Å². The van der Waals surface area contributed by atoms with Crippen LogP contribution in [0.1, 0.15) is 10.7 Å². The Hall–Kier alpha value is -1.92. The average molecular weight is 292 g/mol. The number of para-hydroxylation sites is 1. The SMILES string of the molecule is COCc1nc(CCNC(=O)Oc2ccccc2)cs1. The van der Waals surface area contributed by atoms with Crippen molar-refractivity contribution in [3.8, 4) is 5.75 Å². The van der Waals surface area contributed by atoms with Gasteiger partial charge in [-0.3, -0.25) is 0 Å². The van der Waals surface area contributed by atoms with Crippen molar-refractivity contribution >= 4 is 17.4 Å². The molecule has 2 aromatic rings. The van der Waals surface area contributed by atoms with Gasteiger partial charge >= 0.3 is 6.09 Å². The lowest BCUT2D eigenvalue weighted by Crippen LogP contribution is -2.28. The number of thiazole rings is 1. The van der Waals surface area contributed by atoms with Gasteiger partial charge in [0.2, 0.25) is 0 Å². The molecule has 0 aliphatic carbocycles. The third-order valence-corrected chi connectivity index (χ3v) is 3.34. The van der Waals surface area contributed by atoms with Gasteiger partial charge in [-0.2, -0.15) is 0 Å². The number of aromatic nitrogens is 1. The first-order valence-corrected chi connectivity index (χ1v) is 7.09. The number of hydrogen-bond donors (Lipinski definition) is 1. The Labute approximate surface area is 121 Å². The highest BCUT2D eigenvalue weighted by Crippen LogP contribution is 2.11. The molecule has 20 heavy (non-hydrogen) atoms. The molecule has 0 bridgehead atoms. The first kappa shape index (κ1) is 14.5. The van der Waals surface area contributed by atoms with Crippen LogP contribution in [0.2, 0.25) is 0 Å². The summed E-state index contributed by atoms with van der Waals surface area (Å²) in [4.78, 5) is 15.9. The Bertz CT molecular complexity index is 542. The van der Waals surface area contributed by atoms with Crippen molar-refractivity contribution in [3.05, 3.63) is 46.4 Å². The van der Waals surface area contributed by atoms with Gasteiger partial charge < -0.3 is 14.8 Å². The molecule has 1 aromatic heterocycles. The van der Waals surface area contributed by atoms with Crippen LogP contribution in [-0.4, -0.2) is 24.7 Å². The molecule has 0 fully saturated rings. The highest BCUT2D eigenvalue weighted by Gasteiger charge is 2.05. The highest BCUT2D eigenvalue weighted by molar-refractivity contribution is 7.09. The molecule has 0 saturated heterocycles. The third-order valence-electron chi connectivity index (χ3n) is 2.47. The molecule has 0 aliphatic heterocycles. The van der Waals surface area contributed by atoms with Crippen LogP contribution >= 0.6 is 11.3 Å². The van der Waals surface area contributed by atoms with Crippen LogP contribution in [0.15, 0.2) is 35.7 Å². The summed E-state index contributed by atoms with van der Waals surface area (Å²) in [5, 5.41) is 5.60. The Morgan fingerprint density at radius 2 is 2.15 bits per heavy atom. The normalized spacial score (nSPS) is 10.2. The number of hydrogen-bond acceptors (Lipinski definition) is 5. The van der Waals surface area contributed by atoms with E-state index in [0.717, 1.165) is 10.7 Å². The number of nitrogens with one attached hydrogen (secondary N) is 1.